The van der Waals surface area contributed by atoms with E-state index in [1.54, 1.807) is 0 Å². The van der Waals surface area contributed by atoms with Gasteiger partial charge in [0.05, 0.1) is 22.1 Å². The molecule has 0 bridgehead atoms. The van der Waals surface area contributed by atoms with Crippen LogP contribution < -0.4 is 9.80 Å². The predicted molar refractivity (Wildman–Crippen MR) is 270 cm³/mol. The van der Waals surface area contributed by atoms with Gasteiger partial charge in [0, 0.05) is 67.0 Å². The van der Waals surface area contributed by atoms with E-state index in [9.17, 15) is 0 Å². The first-order valence-corrected chi connectivity index (χ1v) is 21.9. The van der Waals surface area contributed by atoms with E-state index in [4.69, 9.17) is 0 Å². The quantitative estimate of drug-likeness (QED) is 0.144. The molecule has 302 valence electrons. The lowest BCUT2D eigenvalue weighted by Gasteiger charge is -2.28. The van der Waals surface area contributed by atoms with Gasteiger partial charge in [-0.3, -0.25) is 0 Å². The van der Waals surface area contributed by atoms with Crippen LogP contribution >= 0.6 is 0 Å². The molecule has 0 aliphatic heterocycles. The first kappa shape index (κ1) is 37.2. The first-order valence-electron chi connectivity index (χ1n) is 21.9. The number of aromatic nitrogens is 2. The van der Waals surface area contributed by atoms with Crippen LogP contribution in [0.5, 0.6) is 0 Å². The zero-order valence-corrected chi connectivity index (χ0v) is 35.0. The maximum atomic E-state index is 2.41. The standard InChI is InChI=1S/C60H42N4/c1-5-18-44(19-6-1)61(45-20-7-2-8-21-45)48-33-35-49(36-34-48)62(46-22-9-3-10-23-46)50-37-39-51(40-38-50)63-56-29-15-13-26-53(56)55-42-43(32-41-58(55)63)52-28-17-31-59-60(52)54-27-14-16-30-57(54)64(59)47-24-11-4-12-25-47/h1-42H. The number of hydrogen-bond donors (Lipinski definition) is 0. The van der Waals surface area contributed by atoms with Crippen molar-refractivity contribution in [3.63, 3.8) is 0 Å². The van der Waals surface area contributed by atoms with Crippen LogP contribution in [0.4, 0.5) is 34.1 Å². The van der Waals surface area contributed by atoms with E-state index in [0.717, 1.165) is 45.5 Å². The summed E-state index contributed by atoms with van der Waals surface area (Å²) >= 11 is 0. The SMILES string of the molecule is c1ccc(N(c2ccccc2)c2ccc(N(c3ccccc3)c3ccc(-n4c5ccccc5c5cc(-c6cccc7c6c6ccccc6n7-c6ccccc6)ccc54)cc3)cc2)cc1. The first-order chi connectivity index (χ1) is 31.8. The van der Waals surface area contributed by atoms with E-state index in [1.807, 2.05) is 0 Å². The minimum absolute atomic E-state index is 1.08. The summed E-state index contributed by atoms with van der Waals surface area (Å²) < 4.78 is 4.80. The molecule has 4 heteroatoms. The van der Waals surface area contributed by atoms with Gasteiger partial charge in [0.25, 0.3) is 0 Å². The number of hydrogen-bond acceptors (Lipinski definition) is 2. The summed E-state index contributed by atoms with van der Waals surface area (Å²) in [5.74, 6) is 0. The second-order valence-corrected chi connectivity index (χ2v) is 16.2. The van der Waals surface area contributed by atoms with E-state index in [1.165, 1.54) is 54.7 Å². The largest absolute Gasteiger partial charge is 0.311 e. The second kappa shape index (κ2) is 15.7. The number of fused-ring (bicyclic) bond motifs is 6. The monoisotopic (exact) mass is 818 g/mol. The Labute approximate surface area is 372 Å². The maximum Gasteiger partial charge on any atom is 0.0547 e. The molecule has 0 saturated carbocycles. The zero-order chi connectivity index (χ0) is 42.4. The smallest absolute Gasteiger partial charge is 0.0547 e. The molecule has 2 heterocycles. The summed E-state index contributed by atoms with van der Waals surface area (Å²) in [7, 11) is 0. The topological polar surface area (TPSA) is 16.3 Å². The Kier molecular flexibility index (Phi) is 9.12. The zero-order valence-electron chi connectivity index (χ0n) is 35.0. The number of para-hydroxylation sites is 6. The Bertz CT molecular complexity index is 3540. The lowest BCUT2D eigenvalue weighted by molar-refractivity contribution is 1.17. The van der Waals surface area contributed by atoms with Gasteiger partial charge in [-0.25, -0.2) is 0 Å². The Morgan fingerprint density at radius 1 is 0.250 bits per heavy atom. The molecular formula is C60H42N4. The average Bonchev–Trinajstić information content (AvgIpc) is 3.89. The van der Waals surface area contributed by atoms with E-state index < -0.39 is 0 Å². The molecule has 64 heavy (non-hydrogen) atoms. The minimum Gasteiger partial charge on any atom is -0.311 e. The second-order valence-electron chi connectivity index (χ2n) is 16.2. The third-order valence-electron chi connectivity index (χ3n) is 12.5. The van der Waals surface area contributed by atoms with Crippen LogP contribution in [-0.2, 0) is 0 Å². The van der Waals surface area contributed by atoms with Gasteiger partial charge in [0.1, 0.15) is 0 Å². The van der Waals surface area contributed by atoms with Crippen LogP contribution in [0, 0.1) is 0 Å². The molecule has 4 nitrogen and oxygen atoms in total. The maximum absolute atomic E-state index is 2.41. The number of rotatable bonds is 9. The van der Waals surface area contributed by atoms with Crippen LogP contribution in [0.15, 0.2) is 255 Å². The third-order valence-corrected chi connectivity index (χ3v) is 12.5. The molecule has 10 aromatic carbocycles. The molecule has 0 saturated heterocycles. The highest BCUT2D eigenvalue weighted by molar-refractivity contribution is 6.17. The lowest BCUT2D eigenvalue weighted by Crippen LogP contribution is -2.12. The van der Waals surface area contributed by atoms with Gasteiger partial charge in [-0.1, -0.05) is 127 Å². The van der Waals surface area contributed by atoms with Gasteiger partial charge >= 0.3 is 0 Å². The van der Waals surface area contributed by atoms with Crippen molar-refractivity contribution in [3.8, 4) is 22.5 Å². The Hall–Kier alpha value is -8.60. The molecule has 0 fully saturated rings. The van der Waals surface area contributed by atoms with E-state index >= 15 is 0 Å². The van der Waals surface area contributed by atoms with Crippen molar-refractivity contribution in [3.05, 3.63) is 255 Å². The number of nitrogens with zero attached hydrogens (tertiary/aromatic N) is 4. The number of benzene rings is 10. The molecule has 0 aliphatic carbocycles. The summed E-state index contributed by atoms with van der Waals surface area (Å²) in [6.07, 6.45) is 0. The molecule has 0 radical (unpaired) electrons. The normalized spacial score (nSPS) is 11.4. The van der Waals surface area contributed by atoms with Crippen LogP contribution in [0.1, 0.15) is 0 Å². The van der Waals surface area contributed by atoms with E-state index in [2.05, 4.69) is 274 Å². The molecule has 0 unspecified atom stereocenters. The Morgan fingerprint density at radius 3 is 1.20 bits per heavy atom. The molecule has 0 spiro atoms. The molecule has 0 atom stereocenters. The highest BCUT2D eigenvalue weighted by atomic mass is 15.2. The fourth-order valence-corrected chi connectivity index (χ4v) is 9.66. The molecule has 12 rings (SSSR count). The molecule has 2 aromatic heterocycles. The van der Waals surface area contributed by atoms with Crippen molar-refractivity contribution in [1.29, 1.82) is 0 Å². The third kappa shape index (κ3) is 6.31. The molecular weight excluding hydrogens is 777 g/mol. The van der Waals surface area contributed by atoms with E-state index in [-0.39, 0.29) is 0 Å². The summed E-state index contributed by atoms with van der Waals surface area (Å²) in [6.45, 7) is 0. The Balaban J connectivity index is 0.941. The van der Waals surface area contributed by atoms with Gasteiger partial charge in [-0.05, 0) is 139 Å². The van der Waals surface area contributed by atoms with Crippen molar-refractivity contribution in [2.45, 2.75) is 0 Å². The van der Waals surface area contributed by atoms with Crippen molar-refractivity contribution >= 4 is 77.7 Å². The minimum atomic E-state index is 1.08. The van der Waals surface area contributed by atoms with Crippen LogP contribution in [-0.4, -0.2) is 9.13 Å². The van der Waals surface area contributed by atoms with Gasteiger partial charge in [-0.15, -0.1) is 0 Å². The van der Waals surface area contributed by atoms with Crippen molar-refractivity contribution in [2.24, 2.45) is 0 Å². The van der Waals surface area contributed by atoms with Gasteiger partial charge < -0.3 is 18.9 Å². The number of anilines is 6. The van der Waals surface area contributed by atoms with Crippen molar-refractivity contribution in [1.82, 2.24) is 9.13 Å². The molecule has 0 amide bonds. The molecule has 0 N–H and O–H groups in total. The van der Waals surface area contributed by atoms with Gasteiger partial charge in [-0.2, -0.15) is 0 Å². The van der Waals surface area contributed by atoms with Gasteiger partial charge in [0.2, 0.25) is 0 Å². The average molecular weight is 819 g/mol. The fraction of sp³-hybridized carbons (Fsp3) is 0. The van der Waals surface area contributed by atoms with Crippen molar-refractivity contribution < 1.29 is 0 Å². The highest BCUT2D eigenvalue weighted by Crippen LogP contribution is 2.43. The summed E-state index contributed by atoms with van der Waals surface area (Å²) in [5.41, 5.74) is 16.0. The lowest BCUT2D eigenvalue weighted by atomic mass is 9.98. The fourth-order valence-electron chi connectivity index (χ4n) is 9.66. The Morgan fingerprint density at radius 2 is 0.641 bits per heavy atom. The van der Waals surface area contributed by atoms with Gasteiger partial charge in [0.15, 0.2) is 0 Å². The van der Waals surface area contributed by atoms with Crippen LogP contribution in [0.25, 0.3) is 66.1 Å². The summed E-state index contributed by atoms with van der Waals surface area (Å²) in [5, 5.41) is 4.98. The van der Waals surface area contributed by atoms with Crippen molar-refractivity contribution in [2.75, 3.05) is 9.80 Å². The predicted octanol–water partition coefficient (Wildman–Crippen LogP) is 16.5. The highest BCUT2D eigenvalue weighted by Gasteiger charge is 2.20. The summed E-state index contributed by atoms with van der Waals surface area (Å²) in [6, 6.07) is 91.6. The molecule has 0 aliphatic rings. The van der Waals surface area contributed by atoms with E-state index in [0.29, 0.717) is 0 Å². The van der Waals surface area contributed by atoms with Crippen LogP contribution in [0.2, 0.25) is 0 Å². The molecule has 12 aromatic rings. The van der Waals surface area contributed by atoms with Crippen LogP contribution in [0.3, 0.4) is 0 Å². The summed E-state index contributed by atoms with van der Waals surface area (Å²) in [4.78, 5) is 4.63.